The Hall–Kier alpha value is -1.04. The maximum absolute atomic E-state index is 2.35. The van der Waals surface area contributed by atoms with Crippen LogP contribution in [0.15, 0.2) is 17.7 Å². The SMILES string of the molecule is CC1=Cc2ccc3c(c2C1)CCCC3. The Morgan fingerprint density at radius 2 is 1.86 bits per heavy atom. The fourth-order valence-electron chi connectivity index (χ4n) is 2.86. The van der Waals surface area contributed by atoms with Crippen LogP contribution in [0.3, 0.4) is 0 Å². The molecule has 1 aromatic carbocycles. The molecule has 2 aliphatic rings. The highest BCUT2D eigenvalue weighted by Crippen LogP contribution is 2.33. The van der Waals surface area contributed by atoms with Crippen molar-refractivity contribution >= 4 is 6.08 Å². The van der Waals surface area contributed by atoms with Gasteiger partial charge in [0.25, 0.3) is 0 Å². The highest BCUT2D eigenvalue weighted by Gasteiger charge is 2.18. The fraction of sp³-hybridized carbons (Fsp3) is 0.429. The molecule has 0 heterocycles. The van der Waals surface area contributed by atoms with Crippen molar-refractivity contribution in [2.75, 3.05) is 0 Å². The topological polar surface area (TPSA) is 0 Å². The third-order valence-electron chi connectivity index (χ3n) is 3.54. The van der Waals surface area contributed by atoms with Gasteiger partial charge in [-0.05, 0) is 61.3 Å². The summed E-state index contributed by atoms with van der Waals surface area (Å²) in [5, 5.41) is 0. The summed E-state index contributed by atoms with van der Waals surface area (Å²) >= 11 is 0. The molecule has 0 saturated heterocycles. The molecular weight excluding hydrogens is 168 g/mol. The summed E-state index contributed by atoms with van der Waals surface area (Å²) in [4.78, 5) is 0. The Balaban J connectivity index is 2.15. The van der Waals surface area contributed by atoms with Crippen LogP contribution < -0.4 is 0 Å². The molecule has 0 radical (unpaired) electrons. The molecule has 2 aliphatic carbocycles. The average Bonchev–Trinajstić information content (AvgIpc) is 2.59. The van der Waals surface area contributed by atoms with E-state index in [9.17, 15) is 0 Å². The molecule has 0 unspecified atom stereocenters. The highest BCUT2D eigenvalue weighted by atomic mass is 14.2. The highest BCUT2D eigenvalue weighted by molar-refractivity contribution is 5.66. The van der Waals surface area contributed by atoms with E-state index >= 15 is 0 Å². The monoisotopic (exact) mass is 184 g/mol. The maximum Gasteiger partial charge on any atom is -0.00578 e. The Bertz CT molecular complexity index is 410. The lowest BCUT2D eigenvalue weighted by molar-refractivity contribution is 0.680. The van der Waals surface area contributed by atoms with Gasteiger partial charge in [-0.25, -0.2) is 0 Å². The third kappa shape index (κ3) is 1.13. The summed E-state index contributed by atoms with van der Waals surface area (Å²) < 4.78 is 0. The molecule has 0 amide bonds. The zero-order chi connectivity index (χ0) is 9.54. The van der Waals surface area contributed by atoms with E-state index in [0.29, 0.717) is 0 Å². The van der Waals surface area contributed by atoms with Crippen LogP contribution in [-0.2, 0) is 19.3 Å². The van der Waals surface area contributed by atoms with Gasteiger partial charge >= 0.3 is 0 Å². The zero-order valence-electron chi connectivity index (χ0n) is 8.77. The van der Waals surface area contributed by atoms with E-state index in [0.717, 1.165) is 0 Å². The number of hydrogen-bond acceptors (Lipinski definition) is 0. The first-order valence-electron chi connectivity index (χ1n) is 5.65. The number of fused-ring (bicyclic) bond motifs is 3. The summed E-state index contributed by atoms with van der Waals surface area (Å²) in [6.07, 6.45) is 8.96. The maximum atomic E-state index is 2.35. The summed E-state index contributed by atoms with van der Waals surface area (Å²) in [6, 6.07) is 4.67. The van der Waals surface area contributed by atoms with E-state index in [1.54, 1.807) is 16.7 Å². The van der Waals surface area contributed by atoms with E-state index in [2.05, 4.69) is 25.1 Å². The predicted molar refractivity (Wildman–Crippen MR) is 60.4 cm³/mol. The predicted octanol–water partition coefficient (Wildman–Crippen LogP) is 3.52. The number of allylic oxidation sites excluding steroid dienone is 1. The van der Waals surface area contributed by atoms with Crippen LogP contribution in [0, 0.1) is 0 Å². The Kier molecular flexibility index (Phi) is 1.76. The standard InChI is InChI=1S/C14H16/c1-10-8-12-7-6-11-4-2-3-5-13(11)14(12)9-10/h6-8H,2-5,9H2,1H3. The molecule has 72 valence electrons. The average molecular weight is 184 g/mol. The van der Waals surface area contributed by atoms with Gasteiger partial charge in [0.15, 0.2) is 0 Å². The first-order valence-corrected chi connectivity index (χ1v) is 5.65. The van der Waals surface area contributed by atoms with Crippen molar-refractivity contribution in [2.24, 2.45) is 0 Å². The first kappa shape index (κ1) is 8.28. The molecule has 0 atom stereocenters. The van der Waals surface area contributed by atoms with Crippen molar-refractivity contribution in [3.8, 4) is 0 Å². The van der Waals surface area contributed by atoms with E-state index in [1.807, 2.05) is 0 Å². The molecular formula is C14H16. The first-order chi connectivity index (χ1) is 6.84. The fourth-order valence-corrected chi connectivity index (χ4v) is 2.86. The van der Waals surface area contributed by atoms with Crippen LogP contribution in [0.2, 0.25) is 0 Å². The second-order valence-electron chi connectivity index (χ2n) is 4.65. The van der Waals surface area contributed by atoms with Crippen molar-refractivity contribution < 1.29 is 0 Å². The molecule has 0 bridgehead atoms. The van der Waals surface area contributed by atoms with Crippen LogP contribution in [0.5, 0.6) is 0 Å². The molecule has 14 heavy (non-hydrogen) atoms. The second kappa shape index (κ2) is 2.98. The second-order valence-corrected chi connectivity index (χ2v) is 4.65. The summed E-state index contributed by atoms with van der Waals surface area (Å²) in [6.45, 7) is 2.25. The molecule has 0 nitrogen and oxygen atoms in total. The van der Waals surface area contributed by atoms with Gasteiger partial charge in [0.2, 0.25) is 0 Å². The summed E-state index contributed by atoms with van der Waals surface area (Å²) in [5.74, 6) is 0. The minimum Gasteiger partial charge on any atom is -0.0683 e. The number of aryl methyl sites for hydroxylation is 1. The van der Waals surface area contributed by atoms with Gasteiger partial charge in [-0.1, -0.05) is 23.8 Å². The van der Waals surface area contributed by atoms with Crippen molar-refractivity contribution in [1.82, 2.24) is 0 Å². The van der Waals surface area contributed by atoms with E-state index in [1.165, 1.54) is 43.2 Å². The molecule has 0 fully saturated rings. The largest absolute Gasteiger partial charge is 0.0683 e. The molecule has 0 aromatic heterocycles. The lowest BCUT2D eigenvalue weighted by atomic mass is 9.86. The van der Waals surface area contributed by atoms with Gasteiger partial charge < -0.3 is 0 Å². The minimum atomic E-state index is 1.21. The third-order valence-corrected chi connectivity index (χ3v) is 3.54. The lowest BCUT2D eigenvalue weighted by Gasteiger charge is -2.19. The summed E-state index contributed by atoms with van der Waals surface area (Å²) in [7, 11) is 0. The van der Waals surface area contributed by atoms with Gasteiger partial charge in [-0.2, -0.15) is 0 Å². The molecule has 0 aliphatic heterocycles. The Morgan fingerprint density at radius 3 is 2.79 bits per heavy atom. The van der Waals surface area contributed by atoms with Gasteiger partial charge in [0, 0.05) is 0 Å². The van der Waals surface area contributed by atoms with Crippen LogP contribution >= 0.6 is 0 Å². The lowest BCUT2D eigenvalue weighted by Crippen LogP contribution is -2.06. The molecule has 0 spiro atoms. The van der Waals surface area contributed by atoms with Crippen LogP contribution in [0.25, 0.3) is 6.08 Å². The Morgan fingerprint density at radius 1 is 1.00 bits per heavy atom. The quantitative estimate of drug-likeness (QED) is 0.578. The van der Waals surface area contributed by atoms with E-state index in [-0.39, 0.29) is 0 Å². The molecule has 1 aromatic rings. The van der Waals surface area contributed by atoms with Gasteiger partial charge in [-0.15, -0.1) is 0 Å². The normalized spacial score (nSPS) is 18.8. The van der Waals surface area contributed by atoms with Gasteiger partial charge in [-0.3, -0.25) is 0 Å². The van der Waals surface area contributed by atoms with Crippen molar-refractivity contribution in [3.05, 3.63) is 40.0 Å². The molecule has 0 N–H and O–H groups in total. The van der Waals surface area contributed by atoms with E-state index < -0.39 is 0 Å². The summed E-state index contributed by atoms with van der Waals surface area (Å²) in [5.41, 5.74) is 7.96. The Labute approximate surface area is 85.6 Å². The smallest absolute Gasteiger partial charge is 0.00578 e. The molecule has 0 heteroatoms. The zero-order valence-corrected chi connectivity index (χ0v) is 8.77. The molecule has 0 saturated carbocycles. The number of rotatable bonds is 0. The van der Waals surface area contributed by atoms with Crippen LogP contribution in [0.4, 0.5) is 0 Å². The number of benzene rings is 1. The number of hydrogen-bond donors (Lipinski definition) is 0. The minimum absolute atomic E-state index is 1.21. The van der Waals surface area contributed by atoms with Crippen LogP contribution in [0.1, 0.15) is 42.0 Å². The van der Waals surface area contributed by atoms with Crippen molar-refractivity contribution in [3.63, 3.8) is 0 Å². The molecule has 3 rings (SSSR count). The van der Waals surface area contributed by atoms with Crippen molar-refractivity contribution in [2.45, 2.75) is 39.0 Å². The van der Waals surface area contributed by atoms with Crippen molar-refractivity contribution in [1.29, 1.82) is 0 Å². The van der Waals surface area contributed by atoms with Crippen LogP contribution in [-0.4, -0.2) is 0 Å². The van der Waals surface area contributed by atoms with Gasteiger partial charge in [0.05, 0.1) is 0 Å². The van der Waals surface area contributed by atoms with Gasteiger partial charge in [0.1, 0.15) is 0 Å². The van der Waals surface area contributed by atoms with E-state index in [4.69, 9.17) is 0 Å².